The highest BCUT2D eigenvalue weighted by molar-refractivity contribution is 5.81. The molecule has 0 saturated heterocycles. The lowest BCUT2D eigenvalue weighted by molar-refractivity contribution is 1.32. The van der Waals surface area contributed by atoms with Crippen LogP contribution in [0.25, 0.3) is 55.9 Å². The number of benzene rings is 5. The van der Waals surface area contributed by atoms with Crippen molar-refractivity contribution in [2.75, 3.05) is 0 Å². The molecule has 0 aliphatic carbocycles. The molecule has 0 amide bonds. The van der Waals surface area contributed by atoms with Crippen molar-refractivity contribution < 1.29 is 0 Å². The third-order valence-corrected chi connectivity index (χ3v) is 7.06. The first kappa shape index (κ1) is 23.6. The smallest absolute Gasteiger partial charge is 0.0715 e. The van der Waals surface area contributed by atoms with E-state index < -0.39 is 0 Å². The van der Waals surface area contributed by atoms with Crippen molar-refractivity contribution >= 4 is 0 Å². The first-order valence-electron chi connectivity index (χ1n) is 13.1. The van der Waals surface area contributed by atoms with Crippen LogP contribution in [0.4, 0.5) is 0 Å². The summed E-state index contributed by atoms with van der Waals surface area (Å²) in [5, 5.41) is 0. The van der Waals surface area contributed by atoms with Crippen molar-refractivity contribution in [1.82, 2.24) is 4.98 Å². The minimum Gasteiger partial charge on any atom is -0.248 e. The quantitative estimate of drug-likeness (QED) is 0.236. The van der Waals surface area contributed by atoms with Crippen molar-refractivity contribution in [1.29, 1.82) is 0 Å². The highest BCUT2D eigenvalue weighted by Crippen LogP contribution is 2.34. The highest BCUT2D eigenvalue weighted by Gasteiger charge is 2.11. The van der Waals surface area contributed by atoms with E-state index in [1.54, 1.807) is 0 Å². The van der Waals surface area contributed by atoms with Crippen LogP contribution in [0.3, 0.4) is 0 Å². The molecule has 0 bridgehead atoms. The van der Waals surface area contributed by atoms with Gasteiger partial charge in [-0.1, -0.05) is 121 Å². The zero-order valence-corrected chi connectivity index (χ0v) is 21.7. The molecule has 0 radical (unpaired) electrons. The van der Waals surface area contributed by atoms with Gasteiger partial charge < -0.3 is 0 Å². The van der Waals surface area contributed by atoms with Crippen LogP contribution < -0.4 is 0 Å². The highest BCUT2D eigenvalue weighted by atomic mass is 14.7. The van der Waals surface area contributed by atoms with E-state index in [-0.39, 0.29) is 0 Å². The Bertz CT molecular complexity index is 1720. The summed E-state index contributed by atoms with van der Waals surface area (Å²) in [6.07, 6.45) is 0. The van der Waals surface area contributed by atoms with Gasteiger partial charge in [0.2, 0.25) is 0 Å². The molecule has 0 fully saturated rings. The van der Waals surface area contributed by atoms with Crippen LogP contribution in [0.1, 0.15) is 11.1 Å². The molecule has 0 aliphatic rings. The summed E-state index contributed by atoms with van der Waals surface area (Å²) in [5.41, 5.74) is 13.9. The Balaban J connectivity index is 1.50. The molecular weight excluding hydrogens is 458 g/mol. The van der Waals surface area contributed by atoms with Gasteiger partial charge in [-0.2, -0.15) is 0 Å². The van der Waals surface area contributed by atoms with Crippen molar-refractivity contribution in [3.63, 3.8) is 0 Å². The third kappa shape index (κ3) is 4.92. The standard InChI is InChI=1S/C37H29N/c1-26-19-20-27(2)35(21-26)32-17-10-18-33(23-32)37-25-34(24-36(38-37)29-13-7-4-8-14-29)31-16-9-15-30(22-31)28-11-5-3-6-12-28/h3-25H,1-2H3. The second-order valence-corrected chi connectivity index (χ2v) is 9.84. The molecule has 6 aromatic rings. The van der Waals surface area contributed by atoms with Crippen molar-refractivity contribution in [3.05, 3.63) is 151 Å². The topological polar surface area (TPSA) is 12.9 Å². The van der Waals surface area contributed by atoms with E-state index in [9.17, 15) is 0 Å². The van der Waals surface area contributed by atoms with E-state index in [4.69, 9.17) is 4.98 Å². The van der Waals surface area contributed by atoms with Crippen LogP contribution in [0.5, 0.6) is 0 Å². The Morgan fingerprint density at radius 2 is 0.895 bits per heavy atom. The van der Waals surface area contributed by atoms with Crippen LogP contribution in [0.2, 0.25) is 0 Å². The van der Waals surface area contributed by atoms with E-state index in [2.05, 4.69) is 147 Å². The predicted molar refractivity (Wildman–Crippen MR) is 161 cm³/mol. The fraction of sp³-hybridized carbons (Fsp3) is 0.0541. The van der Waals surface area contributed by atoms with Gasteiger partial charge in [-0.3, -0.25) is 0 Å². The molecule has 1 heterocycles. The maximum absolute atomic E-state index is 5.15. The maximum atomic E-state index is 5.15. The molecule has 0 aliphatic heterocycles. The van der Waals surface area contributed by atoms with Gasteiger partial charge in [0.15, 0.2) is 0 Å². The molecule has 5 aromatic carbocycles. The second-order valence-electron chi connectivity index (χ2n) is 9.84. The fourth-order valence-electron chi connectivity index (χ4n) is 5.00. The van der Waals surface area contributed by atoms with Gasteiger partial charge in [0, 0.05) is 11.1 Å². The number of hydrogen-bond donors (Lipinski definition) is 0. The van der Waals surface area contributed by atoms with Crippen molar-refractivity contribution in [2.24, 2.45) is 0 Å². The van der Waals surface area contributed by atoms with Gasteiger partial charge in [0.1, 0.15) is 0 Å². The molecule has 0 N–H and O–H groups in total. The van der Waals surface area contributed by atoms with E-state index in [0.29, 0.717) is 0 Å². The Hall–Kier alpha value is -4.75. The number of hydrogen-bond acceptors (Lipinski definition) is 1. The fourth-order valence-corrected chi connectivity index (χ4v) is 5.00. The van der Waals surface area contributed by atoms with Crippen LogP contribution in [-0.2, 0) is 0 Å². The third-order valence-electron chi connectivity index (χ3n) is 7.06. The molecule has 1 aromatic heterocycles. The minimum atomic E-state index is 0.971. The first-order chi connectivity index (χ1) is 18.6. The maximum Gasteiger partial charge on any atom is 0.0715 e. The van der Waals surface area contributed by atoms with Gasteiger partial charge in [-0.15, -0.1) is 0 Å². The van der Waals surface area contributed by atoms with Gasteiger partial charge >= 0.3 is 0 Å². The van der Waals surface area contributed by atoms with Crippen molar-refractivity contribution in [3.8, 4) is 55.9 Å². The molecule has 0 atom stereocenters. The van der Waals surface area contributed by atoms with Gasteiger partial charge in [0.25, 0.3) is 0 Å². The average Bonchev–Trinajstić information content (AvgIpc) is 2.99. The van der Waals surface area contributed by atoms with Crippen LogP contribution in [-0.4, -0.2) is 4.98 Å². The monoisotopic (exact) mass is 487 g/mol. The van der Waals surface area contributed by atoms with Crippen LogP contribution in [0, 0.1) is 13.8 Å². The second kappa shape index (κ2) is 10.3. The summed E-state index contributed by atoms with van der Waals surface area (Å²) >= 11 is 0. The number of aryl methyl sites for hydroxylation is 2. The Labute approximate surface area is 225 Å². The molecule has 182 valence electrons. The largest absolute Gasteiger partial charge is 0.248 e. The molecule has 6 rings (SSSR count). The predicted octanol–water partition coefficient (Wildman–Crippen LogP) is 10.0. The molecule has 1 nitrogen and oxygen atoms in total. The lowest BCUT2D eigenvalue weighted by Crippen LogP contribution is -1.92. The Kier molecular flexibility index (Phi) is 6.42. The molecule has 0 unspecified atom stereocenters. The number of rotatable bonds is 5. The van der Waals surface area contributed by atoms with Crippen molar-refractivity contribution in [2.45, 2.75) is 13.8 Å². The molecule has 0 saturated carbocycles. The Morgan fingerprint density at radius 1 is 0.368 bits per heavy atom. The van der Waals surface area contributed by atoms with E-state index >= 15 is 0 Å². The number of pyridine rings is 1. The molecule has 0 spiro atoms. The van der Waals surface area contributed by atoms with E-state index in [0.717, 1.165) is 28.1 Å². The van der Waals surface area contributed by atoms with Gasteiger partial charge in [-0.25, -0.2) is 4.98 Å². The summed E-state index contributed by atoms with van der Waals surface area (Å²) in [7, 11) is 0. The van der Waals surface area contributed by atoms with E-state index in [1.807, 2.05) is 6.07 Å². The summed E-state index contributed by atoms with van der Waals surface area (Å²) in [6, 6.07) is 49.6. The van der Waals surface area contributed by atoms with Gasteiger partial charge in [0.05, 0.1) is 11.4 Å². The summed E-state index contributed by atoms with van der Waals surface area (Å²) in [5.74, 6) is 0. The SMILES string of the molecule is Cc1ccc(C)c(-c2cccc(-c3cc(-c4cccc(-c5ccccc5)c4)cc(-c4ccccc4)n3)c2)c1. The summed E-state index contributed by atoms with van der Waals surface area (Å²) in [6.45, 7) is 4.32. The van der Waals surface area contributed by atoms with Crippen LogP contribution >= 0.6 is 0 Å². The summed E-state index contributed by atoms with van der Waals surface area (Å²) < 4.78 is 0. The average molecular weight is 488 g/mol. The summed E-state index contributed by atoms with van der Waals surface area (Å²) in [4.78, 5) is 5.15. The lowest BCUT2D eigenvalue weighted by Gasteiger charge is -2.13. The number of aromatic nitrogens is 1. The normalized spacial score (nSPS) is 10.9. The molecule has 1 heteroatoms. The minimum absolute atomic E-state index is 0.971. The Morgan fingerprint density at radius 3 is 1.61 bits per heavy atom. The van der Waals surface area contributed by atoms with E-state index in [1.165, 1.54) is 38.9 Å². The van der Waals surface area contributed by atoms with Crippen LogP contribution in [0.15, 0.2) is 140 Å². The zero-order chi connectivity index (χ0) is 25.9. The zero-order valence-electron chi connectivity index (χ0n) is 21.7. The number of nitrogens with zero attached hydrogens (tertiary/aromatic N) is 1. The molecule has 38 heavy (non-hydrogen) atoms. The molecular formula is C37H29N. The lowest BCUT2D eigenvalue weighted by atomic mass is 9.94. The first-order valence-corrected chi connectivity index (χ1v) is 13.1. The van der Waals surface area contributed by atoms with Gasteiger partial charge in [-0.05, 0) is 77.1 Å².